The van der Waals surface area contributed by atoms with Crippen molar-refractivity contribution >= 4 is 21.9 Å². The van der Waals surface area contributed by atoms with Gasteiger partial charge >= 0.3 is 0 Å². The van der Waals surface area contributed by atoms with Crippen LogP contribution in [0.25, 0.3) is 0 Å². The number of nitrogens with zero attached hydrogens (tertiary/aromatic N) is 1. The molecule has 148 valence electrons. The molecular weight excluding hydrogens is 365 g/mol. The van der Waals surface area contributed by atoms with Crippen LogP contribution in [-0.4, -0.2) is 36.3 Å². The lowest BCUT2D eigenvalue weighted by atomic mass is 9.85. The van der Waals surface area contributed by atoms with Gasteiger partial charge in [0.1, 0.15) is 0 Å². The van der Waals surface area contributed by atoms with E-state index in [0.29, 0.717) is 11.5 Å². The Kier molecular flexibility index (Phi) is 7.31. The van der Waals surface area contributed by atoms with Gasteiger partial charge in [-0.3, -0.25) is 14.8 Å². The van der Waals surface area contributed by atoms with E-state index < -0.39 is 21.9 Å². The van der Waals surface area contributed by atoms with Crippen LogP contribution in [0.15, 0.2) is 12.2 Å². The van der Waals surface area contributed by atoms with Crippen molar-refractivity contribution in [3.05, 3.63) is 12.2 Å². The van der Waals surface area contributed by atoms with Crippen molar-refractivity contribution in [3.8, 4) is 0 Å². The molecule has 0 aromatic carbocycles. The largest absolute Gasteiger partial charge is 0.297 e. The molecule has 1 saturated heterocycles. The molecule has 2 fully saturated rings. The van der Waals surface area contributed by atoms with Gasteiger partial charge in [0.25, 0.3) is 21.9 Å². The van der Waals surface area contributed by atoms with E-state index in [9.17, 15) is 22.5 Å². The van der Waals surface area contributed by atoms with Crippen LogP contribution < -0.4 is 0 Å². The van der Waals surface area contributed by atoms with Crippen LogP contribution in [0.3, 0.4) is 0 Å². The number of hydrogen-bond donors (Lipinski definition) is 1. The van der Waals surface area contributed by atoms with E-state index in [1.165, 1.54) is 6.42 Å². The molecule has 2 amide bonds. The average Bonchev–Trinajstić information content (AvgIpc) is 3.29. The second kappa shape index (κ2) is 9.05. The summed E-state index contributed by atoms with van der Waals surface area (Å²) in [4.78, 5) is 22.8. The predicted octanol–water partition coefficient (Wildman–Crippen LogP) is 2.76. The van der Waals surface area contributed by atoms with Crippen LogP contribution in [0.5, 0.6) is 0 Å². The lowest BCUT2D eigenvalue weighted by Gasteiger charge is -2.13. The molecule has 3 aliphatic rings. The minimum atomic E-state index is -3.88. The Morgan fingerprint density at radius 2 is 1.58 bits per heavy atom. The molecule has 3 rings (SSSR count). The summed E-state index contributed by atoms with van der Waals surface area (Å²) in [7, 11) is -3.88. The fourth-order valence-corrected chi connectivity index (χ4v) is 4.60. The maximum absolute atomic E-state index is 11.4. The number of unbranched alkanes of at least 4 members (excludes halogenated alkanes) is 5. The first-order valence-electron chi connectivity index (χ1n) is 9.10. The van der Waals surface area contributed by atoms with Gasteiger partial charge in [-0.05, 0) is 29.2 Å². The van der Waals surface area contributed by atoms with Crippen molar-refractivity contribution in [2.75, 3.05) is 5.75 Å². The Balaban J connectivity index is 0.000000187. The van der Waals surface area contributed by atoms with E-state index in [2.05, 4.69) is 11.3 Å². The van der Waals surface area contributed by atoms with E-state index in [0.717, 1.165) is 32.1 Å². The first kappa shape index (κ1) is 21.0. The van der Waals surface area contributed by atoms with Crippen LogP contribution >= 0.6 is 0 Å². The fraction of sp³-hybridized carbons (Fsp3) is 0.765. The number of halogens is 1. The van der Waals surface area contributed by atoms with Gasteiger partial charge in [-0.2, -0.15) is 13.5 Å². The van der Waals surface area contributed by atoms with Gasteiger partial charge in [-0.15, -0.1) is 0 Å². The molecule has 9 heteroatoms. The highest BCUT2D eigenvalue weighted by molar-refractivity contribution is 7.86. The summed E-state index contributed by atoms with van der Waals surface area (Å²) in [6.07, 6.45) is 10.7. The van der Waals surface area contributed by atoms with Crippen molar-refractivity contribution in [1.82, 2.24) is 5.06 Å². The predicted molar refractivity (Wildman–Crippen MR) is 90.7 cm³/mol. The molecule has 1 aliphatic heterocycles. The molecule has 1 N–H and O–H groups in total. The zero-order valence-electron chi connectivity index (χ0n) is 14.8. The van der Waals surface area contributed by atoms with Gasteiger partial charge in [0.15, 0.2) is 0 Å². The van der Waals surface area contributed by atoms with Gasteiger partial charge in [-0.25, -0.2) is 0 Å². The van der Waals surface area contributed by atoms with Crippen molar-refractivity contribution < 1.29 is 32.1 Å². The molecule has 7 nitrogen and oxygen atoms in total. The van der Waals surface area contributed by atoms with Crippen molar-refractivity contribution in [2.24, 2.45) is 23.7 Å². The van der Waals surface area contributed by atoms with Crippen LogP contribution in [-0.2, 0) is 24.1 Å². The minimum absolute atomic E-state index is 0.184. The molecule has 0 aromatic rings. The van der Waals surface area contributed by atoms with Crippen LogP contribution in [0.2, 0.25) is 0 Å². The maximum Gasteiger partial charge on any atom is 0.297 e. The molecule has 1 heterocycles. The molecule has 4 atom stereocenters. The first-order valence-corrected chi connectivity index (χ1v) is 10.7. The number of carbonyl (C=O) groups is 2. The van der Waals surface area contributed by atoms with E-state index in [4.69, 9.17) is 5.21 Å². The van der Waals surface area contributed by atoms with Crippen LogP contribution in [0, 0.1) is 23.7 Å². The lowest BCUT2D eigenvalue weighted by molar-refractivity contribution is -0.173. The third-order valence-corrected chi connectivity index (χ3v) is 6.27. The van der Waals surface area contributed by atoms with Gasteiger partial charge in [-0.1, -0.05) is 55.6 Å². The number of hydrogen-bond acceptors (Lipinski definition) is 6. The SMILES string of the molecule is CCCCCCCCS(=O)(=O)OF.O=C1C2C3C=CC(C3)C2C(=O)N1O. The summed E-state index contributed by atoms with van der Waals surface area (Å²) in [5.41, 5.74) is 0. The highest BCUT2D eigenvalue weighted by Crippen LogP contribution is 2.51. The number of hydroxylamine groups is 2. The quantitative estimate of drug-likeness (QED) is 0.295. The second-order valence-corrected chi connectivity index (χ2v) is 8.73. The van der Waals surface area contributed by atoms with E-state index in [-0.39, 0.29) is 29.4 Å². The third kappa shape index (κ3) is 4.69. The van der Waals surface area contributed by atoms with Crippen molar-refractivity contribution in [3.63, 3.8) is 0 Å². The van der Waals surface area contributed by atoms with Crippen LogP contribution in [0.4, 0.5) is 4.53 Å². The molecule has 2 aliphatic carbocycles. The Morgan fingerprint density at radius 3 is 2.08 bits per heavy atom. The number of fused-ring (bicyclic) bond motifs is 5. The van der Waals surface area contributed by atoms with E-state index >= 15 is 0 Å². The molecule has 0 aromatic heterocycles. The lowest BCUT2D eigenvalue weighted by Crippen LogP contribution is -2.29. The summed E-state index contributed by atoms with van der Waals surface area (Å²) >= 11 is 0. The molecule has 1 saturated carbocycles. The summed E-state index contributed by atoms with van der Waals surface area (Å²) in [5, 5.41) is 9.45. The standard InChI is InChI=1S/C9H9NO3.C8H17FO3S/c11-8-6-4-1-2-5(3-4)7(6)9(12)10(8)13;1-2-3-4-5-6-7-8-13(10,11)12-9/h1-2,4-7,13H,3H2;2-8H2,1H3. The molecule has 26 heavy (non-hydrogen) atoms. The number of imide groups is 1. The Bertz CT molecular complexity index is 620. The second-order valence-electron chi connectivity index (χ2n) is 7.08. The fourth-order valence-electron chi connectivity index (χ4n) is 3.98. The molecular formula is C17H26FNO6S. The average molecular weight is 391 g/mol. The van der Waals surface area contributed by atoms with Gasteiger partial charge in [0.05, 0.1) is 17.6 Å². The molecule has 0 spiro atoms. The molecule has 2 bridgehead atoms. The van der Waals surface area contributed by atoms with Crippen LogP contribution in [0.1, 0.15) is 51.9 Å². The Hall–Kier alpha value is -1.32. The third-order valence-electron chi connectivity index (χ3n) is 5.29. The van der Waals surface area contributed by atoms with Gasteiger partial charge < -0.3 is 0 Å². The Labute approximate surface area is 153 Å². The summed E-state index contributed by atoms with van der Waals surface area (Å²) < 4.78 is 35.1. The summed E-state index contributed by atoms with van der Waals surface area (Å²) in [5.74, 6) is -1.21. The monoisotopic (exact) mass is 391 g/mol. The number of carbonyl (C=O) groups excluding carboxylic acids is 2. The van der Waals surface area contributed by atoms with Gasteiger partial charge in [0.2, 0.25) is 0 Å². The van der Waals surface area contributed by atoms with Crippen molar-refractivity contribution in [2.45, 2.75) is 51.9 Å². The number of rotatable bonds is 8. The maximum atomic E-state index is 11.4. The smallest absolute Gasteiger partial charge is 0.278 e. The topological polar surface area (TPSA) is 101 Å². The van der Waals surface area contributed by atoms with Gasteiger partial charge in [0, 0.05) is 0 Å². The summed E-state index contributed by atoms with van der Waals surface area (Å²) in [6.45, 7) is 2.11. The van der Waals surface area contributed by atoms with E-state index in [1.807, 2.05) is 12.2 Å². The highest BCUT2D eigenvalue weighted by Gasteiger charge is 2.59. The highest BCUT2D eigenvalue weighted by atomic mass is 32.2. The zero-order chi connectivity index (χ0) is 19.3. The Morgan fingerprint density at radius 1 is 1.08 bits per heavy atom. The number of amides is 2. The van der Waals surface area contributed by atoms with E-state index in [1.54, 1.807) is 0 Å². The zero-order valence-corrected chi connectivity index (χ0v) is 15.7. The van der Waals surface area contributed by atoms with Crippen molar-refractivity contribution in [1.29, 1.82) is 0 Å². The normalized spacial score (nSPS) is 29.1. The summed E-state index contributed by atoms with van der Waals surface area (Å²) in [6, 6.07) is 0. The minimum Gasteiger partial charge on any atom is -0.278 e. The number of allylic oxidation sites excluding steroid dienone is 2. The molecule has 0 radical (unpaired) electrons. The molecule has 4 unspecified atom stereocenters. The first-order chi connectivity index (χ1) is 12.3.